The van der Waals surface area contributed by atoms with Gasteiger partial charge in [-0.25, -0.2) is 13.1 Å². The summed E-state index contributed by atoms with van der Waals surface area (Å²) in [6.07, 6.45) is 3.02. The Bertz CT molecular complexity index is 1100. The summed E-state index contributed by atoms with van der Waals surface area (Å²) < 4.78 is 27.9. The second-order valence-electron chi connectivity index (χ2n) is 7.25. The maximum absolute atomic E-state index is 12.9. The normalized spacial score (nSPS) is 15.8. The Morgan fingerprint density at radius 1 is 1.07 bits per heavy atom. The molecule has 0 spiro atoms. The molecule has 4 rings (SSSR count). The van der Waals surface area contributed by atoms with E-state index >= 15 is 0 Å². The van der Waals surface area contributed by atoms with Crippen molar-refractivity contribution in [3.05, 3.63) is 65.9 Å². The van der Waals surface area contributed by atoms with E-state index in [-0.39, 0.29) is 16.8 Å². The molecule has 1 saturated heterocycles. The number of hydrogen-bond acceptors (Lipinski definition) is 3. The Labute approximate surface area is 164 Å². The maximum Gasteiger partial charge on any atom is 0.254 e. The first-order valence-corrected chi connectivity index (χ1v) is 10.9. The van der Waals surface area contributed by atoms with Crippen LogP contribution in [0, 0.1) is 6.92 Å². The Morgan fingerprint density at radius 3 is 2.50 bits per heavy atom. The van der Waals surface area contributed by atoms with Crippen LogP contribution in [0.3, 0.4) is 0 Å². The summed E-state index contributed by atoms with van der Waals surface area (Å²) in [6, 6.07) is 14.2. The average Bonchev–Trinajstić information content (AvgIpc) is 3.17. The molecule has 0 atom stereocenters. The highest BCUT2D eigenvalue weighted by molar-refractivity contribution is 7.89. The van der Waals surface area contributed by atoms with Crippen molar-refractivity contribution in [2.45, 2.75) is 30.7 Å². The first-order chi connectivity index (χ1) is 13.4. The number of aryl methyl sites for hydroxylation is 1. The van der Waals surface area contributed by atoms with Gasteiger partial charge in [-0.05, 0) is 50.1 Å². The summed E-state index contributed by atoms with van der Waals surface area (Å²) >= 11 is 0. The van der Waals surface area contributed by atoms with E-state index < -0.39 is 10.0 Å². The van der Waals surface area contributed by atoms with Crippen molar-refractivity contribution in [2.24, 2.45) is 0 Å². The molecular weight excluding hydrogens is 374 g/mol. The lowest BCUT2D eigenvalue weighted by molar-refractivity contribution is 0.0713. The van der Waals surface area contributed by atoms with Crippen LogP contribution in [0.1, 0.15) is 28.8 Å². The molecule has 146 valence electrons. The van der Waals surface area contributed by atoms with E-state index in [1.54, 1.807) is 29.2 Å². The number of amides is 1. The molecule has 0 radical (unpaired) electrons. The van der Waals surface area contributed by atoms with E-state index in [2.05, 4.69) is 9.71 Å². The molecule has 7 heteroatoms. The van der Waals surface area contributed by atoms with Crippen LogP contribution in [-0.2, 0) is 10.0 Å². The number of carbonyl (C=O) groups is 1. The standard InChI is InChI=1S/C21H23N3O3S/c1-15-5-7-17(8-6-15)28(26,27)23-16-10-13-24(14-11-16)21(25)19-3-2-4-20-18(19)9-12-22-20/h2-9,12,16,22-23H,10-11,13-14H2,1H3. The molecule has 28 heavy (non-hydrogen) atoms. The van der Waals surface area contributed by atoms with Crippen molar-refractivity contribution in [3.8, 4) is 0 Å². The fourth-order valence-corrected chi connectivity index (χ4v) is 4.95. The summed E-state index contributed by atoms with van der Waals surface area (Å²) in [7, 11) is -3.55. The minimum atomic E-state index is -3.55. The van der Waals surface area contributed by atoms with Crippen molar-refractivity contribution in [2.75, 3.05) is 13.1 Å². The molecule has 0 unspecified atom stereocenters. The molecule has 1 aliphatic heterocycles. The third-order valence-electron chi connectivity index (χ3n) is 5.26. The predicted molar refractivity (Wildman–Crippen MR) is 109 cm³/mol. The number of sulfonamides is 1. The smallest absolute Gasteiger partial charge is 0.254 e. The number of piperidine rings is 1. The SMILES string of the molecule is Cc1ccc(S(=O)(=O)NC2CCN(C(=O)c3cccc4[nH]ccc34)CC2)cc1. The van der Waals surface area contributed by atoms with E-state index in [0.29, 0.717) is 31.5 Å². The lowest BCUT2D eigenvalue weighted by atomic mass is 10.0. The third kappa shape index (κ3) is 3.68. The molecule has 1 aliphatic rings. The highest BCUT2D eigenvalue weighted by atomic mass is 32.2. The summed E-state index contributed by atoms with van der Waals surface area (Å²) in [5.74, 6) is -0.00922. The number of H-pyrrole nitrogens is 1. The predicted octanol–water partition coefficient (Wildman–Crippen LogP) is 3.06. The van der Waals surface area contributed by atoms with Gasteiger partial charge in [-0.15, -0.1) is 0 Å². The Kier molecular flexibility index (Phi) is 4.95. The van der Waals surface area contributed by atoms with E-state index in [4.69, 9.17) is 0 Å². The van der Waals surface area contributed by atoms with Crippen molar-refractivity contribution in [1.82, 2.24) is 14.6 Å². The van der Waals surface area contributed by atoms with Crippen molar-refractivity contribution in [1.29, 1.82) is 0 Å². The number of benzene rings is 2. The molecule has 2 aromatic carbocycles. The van der Waals surface area contributed by atoms with Gasteiger partial charge in [0.15, 0.2) is 0 Å². The van der Waals surface area contributed by atoms with Crippen LogP contribution in [0.5, 0.6) is 0 Å². The van der Waals surface area contributed by atoms with Crippen LogP contribution in [0.25, 0.3) is 10.9 Å². The third-order valence-corrected chi connectivity index (χ3v) is 6.80. The van der Waals surface area contributed by atoms with Crippen LogP contribution in [0.2, 0.25) is 0 Å². The Morgan fingerprint density at radius 2 is 1.79 bits per heavy atom. The fraction of sp³-hybridized carbons (Fsp3) is 0.286. The van der Waals surface area contributed by atoms with Crippen LogP contribution in [0.15, 0.2) is 59.6 Å². The zero-order valence-electron chi connectivity index (χ0n) is 15.7. The maximum atomic E-state index is 12.9. The fourth-order valence-electron chi connectivity index (χ4n) is 3.65. The molecule has 0 bridgehead atoms. The minimum absolute atomic E-state index is 0.00922. The lowest BCUT2D eigenvalue weighted by Crippen LogP contribution is -2.46. The number of nitrogens with one attached hydrogen (secondary N) is 2. The van der Waals surface area contributed by atoms with Crippen LogP contribution < -0.4 is 4.72 Å². The molecule has 6 nitrogen and oxygen atoms in total. The molecule has 0 aliphatic carbocycles. The number of hydrogen-bond donors (Lipinski definition) is 2. The summed E-state index contributed by atoms with van der Waals surface area (Å²) in [5.41, 5.74) is 2.63. The van der Waals surface area contributed by atoms with E-state index in [0.717, 1.165) is 16.5 Å². The molecule has 3 aromatic rings. The number of aromatic nitrogens is 1. The first kappa shape index (κ1) is 18.7. The molecule has 2 N–H and O–H groups in total. The monoisotopic (exact) mass is 397 g/mol. The van der Waals surface area contributed by atoms with Gasteiger partial charge in [0.2, 0.25) is 10.0 Å². The molecule has 1 fully saturated rings. The number of rotatable bonds is 4. The molecule has 2 heterocycles. The second-order valence-corrected chi connectivity index (χ2v) is 8.96. The highest BCUT2D eigenvalue weighted by Crippen LogP contribution is 2.22. The van der Waals surface area contributed by atoms with Crippen LogP contribution in [0.4, 0.5) is 0 Å². The lowest BCUT2D eigenvalue weighted by Gasteiger charge is -2.32. The zero-order valence-corrected chi connectivity index (χ0v) is 16.5. The van der Waals surface area contributed by atoms with Gasteiger partial charge in [0.25, 0.3) is 5.91 Å². The number of fused-ring (bicyclic) bond motifs is 1. The summed E-state index contributed by atoms with van der Waals surface area (Å²) in [6.45, 7) is 2.98. The quantitative estimate of drug-likeness (QED) is 0.710. The topological polar surface area (TPSA) is 82.3 Å². The van der Waals surface area contributed by atoms with Gasteiger partial charge < -0.3 is 9.88 Å². The van der Waals surface area contributed by atoms with E-state index in [1.165, 1.54) is 0 Å². The van der Waals surface area contributed by atoms with Crippen molar-refractivity contribution >= 4 is 26.8 Å². The van der Waals surface area contributed by atoms with Gasteiger partial charge in [-0.3, -0.25) is 4.79 Å². The molecular formula is C21H23N3O3S. The van der Waals surface area contributed by atoms with Gasteiger partial charge in [0.05, 0.1) is 4.90 Å². The largest absolute Gasteiger partial charge is 0.361 e. The summed E-state index contributed by atoms with van der Waals surface area (Å²) in [4.78, 5) is 18.1. The van der Waals surface area contributed by atoms with Crippen molar-refractivity contribution in [3.63, 3.8) is 0 Å². The Balaban J connectivity index is 1.41. The Hall–Kier alpha value is -2.64. The number of carbonyl (C=O) groups excluding carboxylic acids is 1. The molecule has 0 saturated carbocycles. The number of nitrogens with zero attached hydrogens (tertiary/aromatic N) is 1. The minimum Gasteiger partial charge on any atom is -0.361 e. The molecule has 1 amide bonds. The van der Waals surface area contributed by atoms with E-state index in [9.17, 15) is 13.2 Å². The van der Waals surface area contributed by atoms with Gasteiger partial charge >= 0.3 is 0 Å². The highest BCUT2D eigenvalue weighted by Gasteiger charge is 2.27. The number of likely N-dealkylation sites (tertiary alicyclic amines) is 1. The molecule has 1 aromatic heterocycles. The van der Waals surface area contributed by atoms with Gasteiger partial charge in [-0.1, -0.05) is 23.8 Å². The average molecular weight is 398 g/mol. The van der Waals surface area contributed by atoms with Gasteiger partial charge in [0.1, 0.15) is 0 Å². The van der Waals surface area contributed by atoms with Gasteiger partial charge in [0, 0.05) is 41.8 Å². The summed E-state index contributed by atoms with van der Waals surface area (Å²) in [5, 5.41) is 0.912. The zero-order chi connectivity index (χ0) is 19.7. The van der Waals surface area contributed by atoms with E-state index in [1.807, 2.05) is 37.4 Å². The number of aromatic amines is 1. The van der Waals surface area contributed by atoms with Crippen LogP contribution in [-0.4, -0.2) is 43.3 Å². The second kappa shape index (κ2) is 7.41. The van der Waals surface area contributed by atoms with Gasteiger partial charge in [-0.2, -0.15) is 0 Å². The van der Waals surface area contributed by atoms with Crippen LogP contribution >= 0.6 is 0 Å². The van der Waals surface area contributed by atoms with Crippen molar-refractivity contribution < 1.29 is 13.2 Å². The first-order valence-electron chi connectivity index (χ1n) is 9.38.